The van der Waals surface area contributed by atoms with Gasteiger partial charge in [-0.15, -0.1) is 0 Å². The number of hydrogen-bond acceptors (Lipinski definition) is 17. The minimum Gasteiger partial charge on any atom is -0.467 e. The molecule has 6 amide bonds. The number of urea groups is 2. The molecule has 23 nitrogen and oxygen atoms in total. The summed E-state index contributed by atoms with van der Waals surface area (Å²) in [5.41, 5.74) is -3.21. The van der Waals surface area contributed by atoms with Crippen LogP contribution in [-0.4, -0.2) is 131 Å². The summed E-state index contributed by atoms with van der Waals surface area (Å²) in [7, 11) is 1.17. The molecule has 0 saturated carbocycles. The van der Waals surface area contributed by atoms with Crippen molar-refractivity contribution >= 4 is 65.5 Å². The molecule has 0 radical (unpaired) electrons. The normalized spacial score (nSPS) is 13.8. The van der Waals surface area contributed by atoms with E-state index in [1.165, 1.54) is 7.11 Å². The van der Waals surface area contributed by atoms with Crippen molar-refractivity contribution in [1.82, 2.24) is 31.9 Å². The standard InChI is InChI=1S/C57H92N6O17/c1-18-21-38(48(70)75-17)61-47(69)37(32-45(67)77-54(5,6)7)31-42(64)41(33-46(68)78-55(8,9)10)60-43(65)30-35-23-25-36(26-24-35)34-59-51(73)58-29-20-19-22-39(49(71)79-56(11,12)13)62-52(74)63-40(50(72)80-57(14,15)16)27-28-44(66)76-53(2,3)4/h23-26,37-41H,18-22,27-34H2,1-17H3,(H,60,65)(H,61,69)(H2,58,59,73)(H2,62,63,74)/t37-,38-,39-,40-,41-/m0/s1. The van der Waals surface area contributed by atoms with Crippen LogP contribution in [0.3, 0.4) is 0 Å². The fraction of sp³-hybridized carbons (Fsp3) is 0.702. The lowest BCUT2D eigenvalue weighted by atomic mass is 9.92. The van der Waals surface area contributed by atoms with Gasteiger partial charge in [0.25, 0.3) is 0 Å². The predicted molar refractivity (Wildman–Crippen MR) is 295 cm³/mol. The average molecular weight is 1130 g/mol. The Bertz CT molecular complexity index is 2270. The molecule has 0 aliphatic carbocycles. The summed E-state index contributed by atoms with van der Waals surface area (Å²) in [5, 5.41) is 15.8. The van der Waals surface area contributed by atoms with E-state index in [0.29, 0.717) is 30.4 Å². The van der Waals surface area contributed by atoms with Crippen molar-refractivity contribution in [3.05, 3.63) is 35.4 Å². The quantitative estimate of drug-likeness (QED) is 0.0303. The van der Waals surface area contributed by atoms with Crippen LogP contribution < -0.4 is 31.9 Å². The number of esters is 6. The van der Waals surface area contributed by atoms with Crippen LogP contribution in [0, 0.1) is 5.92 Å². The summed E-state index contributed by atoms with van der Waals surface area (Å²) in [6.07, 6.45) is -0.724. The summed E-state index contributed by atoms with van der Waals surface area (Å²) in [4.78, 5) is 145. The van der Waals surface area contributed by atoms with E-state index >= 15 is 0 Å². The van der Waals surface area contributed by atoms with E-state index in [-0.39, 0.29) is 45.2 Å². The Morgan fingerprint density at radius 2 is 0.925 bits per heavy atom. The number of Topliss-reactive ketones (excluding diaryl/α,β-unsaturated/α-hetero) is 1. The number of ether oxygens (including phenoxy) is 6. The lowest BCUT2D eigenvalue weighted by Crippen LogP contribution is -2.53. The largest absolute Gasteiger partial charge is 0.467 e. The van der Waals surface area contributed by atoms with Crippen LogP contribution in [-0.2, 0) is 84.5 Å². The third-order valence-corrected chi connectivity index (χ3v) is 10.6. The monoisotopic (exact) mass is 1130 g/mol. The molecule has 0 saturated heterocycles. The Morgan fingerprint density at radius 3 is 1.41 bits per heavy atom. The lowest BCUT2D eigenvalue weighted by Gasteiger charge is -2.27. The summed E-state index contributed by atoms with van der Waals surface area (Å²) in [6, 6.07) is 0.378. The van der Waals surface area contributed by atoms with E-state index < -0.39 is 143 Å². The van der Waals surface area contributed by atoms with Gasteiger partial charge in [0, 0.05) is 25.9 Å². The number of carbonyl (C=O) groups is 11. The first kappa shape index (κ1) is 71.2. The van der Waals surface area contributed by atoms with Gasteiger partial charge in [-0.2, -0.15) is 0 Å². The van der Waals surface area contributed by atoms with Gasteiger partial charge < -0.3 is 60.3 Å². The maximum atomic E-state index is 14.0. The SMILES string of the molecule is CCC[C@H](NC(=O)[C@H](CC(=O)OC(C)(C)C)CC(=O)[C@H](CC(=O)OC(C)(C)C)NC(=O)Cc1ccc(CNC(=O)NCCCC[C@H](NC(=O)N[C@@H](CCC(=O)OC(C)(C)C)C(=O)OC(C)(C)C)C(=O)OC(C)(C)C)cc1)C(=O)OC. The van der Waals surface area contributed by atoms with Crippen LogP contribution in [0.25, 0.3) is 0 Å². The maximum Gasteiger partial charge on any atom is 0.329 e. The third-order valence-electron chi connectivity index (χ3n) is 10.6. The number of ketones is 1. The van der Waals surface area contributed by atoms with Crippen LogP contribution >= 0.6 is 0 Å². The Labute approximate surface area is 472 Å². The fourth-order valence-corrected chi connectivity index (χ4v) is 7.37. The highest BCUT2D eigenvalue weighted by molar-refractivity contribution is 5.97. The molecule has 0 aromatic heterocycles. The van der Waals surface area contributed by atoms with Gasteiger partial charge in [-0.05, 0) is 147 Å². The number of nitrogens with one attached hydrogen (secondary N) is 6. The van der Waals surface area contributed by atoms with Crippen molar-refractivity contribution in [1.29, 1.82) is 0 Å². The highest BCUT2D eigenvalue weighted by Gasteiger charge is 2.36. The fourth-order valence-electron chi connectivity index (χ4n) is 7.37. The first-order valence-corrected chi connectivity index (χ1v) is 27.2. The van der Waals surface area contributed by atoms with Crippen molar-refractivity contribution < 1.29 is 81.2 Å². The molecular weight excluding hydrogens is 1040 g/mol. The molecule has 0 spiro atoms. The van der Waals surface area contributed by atoms with Gasteiger partial charge in [0.1, 0.15) is 46.1 Å². The van der Waals surface area contributed by atoms with Crippen molar-refractivity contribution in [2.45, 2.75) is 240 Å². The zero-order valence-electron chi connectivity index (χ0n) is 50.3. The van der Waals surface area contributed by atoms with Crippen molar-refractivity contribution in [3.8, 4) is 0 Å². The van der Waals surface area contributed by atoms with Gasteiger partial charge in [0.05, 0.1) is 38.3 Å². The zero-order valence-corrected chi connectivity index (χ0v) is 50.3. The van der Waals surface area contributed by atoms with Crippen molar-refractivity contribution in [2.75, 3.05) is 13.7 Å². The summed E-state index contributed by atoms with van der Waals surface area (Å²) < 4.78 is 32.1. The summed E-state index contributed by atoms with van der Waals surface area (Å²) >= 11 is 0. The topological polar surface area (TPSA) is 315 Å². The van der Waals surface area contributed by atoms with Crippen LogP contribution in [0.15, 0.2) is 24.3 Å². The molecule has 0 aliphatic heterocycles. The van der Waals surface area contributed by atoms with Gasteiger partial charge in [-0.25, -0.2) is 24.0 Å². The van der Waals surface area contributed by atoms with Crippen LogP contribution in [0.2, 0.25) is 0 Å². The molecule has 23 heteroatoms. The smallest absolute Gasteiger partial charge is 0.329 e. The highest BCUT2D eigenvalue weighted by atomic mass is 16.6. The first-order chi connectivity index (χ1) is 36.7. The van der Waals surface area contributed by atoms with Crippen LogP contribution in [0.4, 0.5) is 9.59 Å². The molecule has 0 bridgehead atoms. The van der Waals surface area contributed by atoms with Crippen molar-refractivity contribution in [3.63, 3.8) is 0 Å². The number of amides is 6. The van der Waals surface area contributed by atoms with Gasteiger partial charge >= 0.3 is 47.9 Å². The summed E-state index contributed by atoms with van der Waals surface area (Å²) in [6.45, 7) is 27.0. The zero-order chi connectivity index (χ0) is 61.4. The Balaban J connectivity index is 3.02. The van der Waals surface area contributed by atoms with E-state index in [9.17, 15) is 52.7 Å². The van der Waals surface area contributed by atoms with E-state index in [1.807, 2.05) is 0 Å². The van der Waals surface area contributed by atoms with Crippen molar-refractivity contribution in [2.24, 2.45) is 5.92 Å². The highest BCUT2D eigenvalue weighted by Crippen LogP contribution is 2.20. The Kier molecular flexibility index (Phi) is 28.9. The van der Waals surface area contributed by atoms with E-state index in [1.54, 1.807) is 135 Å². The second-order valence-corrected chi connectivity index (χ2v) is 24.5. The molecule has 80 heavy (non-hydrogen) atoms. The van der Waals surface area contributed by atoms with Crippen LogP contribution in [0.5, 0.6) is 0 Å². The number of carbonyl (C=O) groups excluding carboxylic acids is 11. The molecule has 0 fully saturated rings. The Morgan fingerprint density at radius 1 is 0.463 bits per heavy atom. The second kappa shape index (κ2) is 32.4. The van der Waals surface area contributed by atoms with Crippen LogP contribution in [0.1, 0.15) is 186 Å². The first-order valence-electron chi connectivity index (χ1n) is 27.2. The number of methoxy groups -OCH3 is 1. The molecule has 0 unspecified atom stereocenters. The number of rotatable bonds is 29. The molecular formula is C57H92N6O17. The number of unbranched alkanes of at least 4 members (excludes halogenated alkanes) is 1. The molecule has 0 aliphatic rings. The minimum absolute atomic E-state index is 0.101. The summed E-state index contributed by atoms with van der Waals surface area (Å²) in [5.74, 6) is -7.92. The molecule has 5 atom stereocenters. The molecule has 1 rings (SSSR count). The lowest BCUT2D eigenvalue weighted by molar-refractivity contribution is -0.159. The van der Waals surface area contributed by atoms with E-state index in [4.69, 9.17) is 28.4 Å². The maximum absolute atomic E-state index is 14.0. The van der Waals surface area contributed by atoms with Gasteiger partial charge in [-0.3, -0.25) is 28.8 Å². The number of hydrogen-bond donors (Lipinski definition) is 6. The molecule has 6 N–H and O–H groups in total. The second-order valence-electron chi connectivity index (χ2n) is 24.5. The molecule has 1 aromatic rings. The molecule has 0 heterocycles. The van der Waals surface area contributed by atoms with Gasteiger partial charge in [0.15, 0.2) is 5.78 Å². The van der Waals surface area contributed by atoms with Gasteiger partial charge in [0.2, 0.25) is 11.8 Å². The Hall–Kier alpha value is -6.81. The molecule has 452 valence electrons. The predicted octanol–water partition coefficient (Wildman–Crippen LogP) is 6.02. The van der Waals surface area contributed by atoms with E-state index in [2.05, 4.69) is 31.9 Å². The van der Waals surface area contributed by atoms with Gasteiger partial charge in [-0.1, -0.05) is 37.6 Å². The molecule has 1 aromatic carbocycles. The van der Waals surface area contributed by atoms with E-state index in [0.717, 1.165) is 0 Å². The minimum atomic E-state index is -1.47. The number of benzene rings is 1. The average Bonchev–Trinajstić information content (AvgIpc) is 3.28. The third kappa shape index (κ3) is 32.9.